The number of fused-ring (bicyclic) bond motifs is 1. The lowest BCUT2D eigenvalue weighted by Gasteiger charge is -2.13. The quantitative estimate of drug-likeness (QED) is 0.212. The van der Waals surface area contributed by atoms with E-state index in [0.29, 0.717) is 34.9 Å². The maximum Gasteiger partial charge on any atom is 0.417 e. The van der Waals surface area contributed by atoms with E-state index in [1.807, 2.05) is 6.92 Å². The van der Waals surface area contributed by atoms with Crippen molar-refractivity contribution in [3.63, 3.8) is 0 Å². The summed E-state index contributed by atoms with van der Waals surface area (Å²) in [6.07, 6.45) is -1.08. The fourth-order valence-corrected chi connectivity index (χ4v) is 3.81. The minimum Gasteiger partial charge on any atom is -0.338 e. The molecule has 14 heteroatoms. The molecule has 0 aliphatic rings. The summed E-state index contributed by atoms with van der Waals surface area (Å²) in [7, 11) is 0. The molecule has 10 nitrogen and oxygen atoms in total. The highest BCUT2D eigenvalue weighted by atomic mass is 35.5. The van der Waals surface area contributed by atoms with Crippen molar-refractivity contribution in [3.8, 4) is 5.69 Å². The molecule has 4 amide bonds. The molecule has 0 radical (unpaired) electrons. The van der Waals surface area contributed by atoms with Crippen LogP contribution in [-0.4, -0.2) is 38.1 Å². The van der Waals surface area contributed by atoms with Crippen LogP contribution >= 0.6 is 11.6 Å². The third kappa shape index (κ3) is 6.26. The topological polar surface area (TPSA) is 126 Å². The molecule has 0 fully saturated rings. The molecule has 0 aliphatic heterocycles. The van der Waals surface area contributed by atoms with Gasteiger partial charge in [0, 0.05) is 23.6 Å². The number of benzene rings is 2. The van der Waals surface area contributed by atoms with Crippen LogP contribution in [0.25, 0.3) is 22.9 Å². The summed E-state index contributed by atoms with van der Waals surface area (Å²) in [4.78, 5) is 37.4. The van der Waals surface area contributed by atoms with Crippen LogP contribution in [0.5, 0.6) is 0 Å². The van der Waals surface area contributed by atoms with Gasteiger partial charge in [-0.15, -0.1) is 0 Å². The van der Waals surface area contributed by atoms with Crippen molar-refractivity contribution in [3.05, 3.63) is 71.8 Å². The first-order chi connectivity index (χ1) is 18.6. The number of aromatic nitrogens is 4. The molecule has 0 saturated heterocycles. The first-order valence-electron chi connectivity index (χ1n) is 11.6. The average molecular weight is 559 g/mol. The first-order valence-corrected chi connectivity index (χ1v) is 11.9. The molecule has 0 aliphatic carbocycles. The van der Waals surface area contributed by atoms with Gasteiger partial charge in [-0.3, -0.25) is 9.88 Å². The molecule has 4 N–H and O–H groups in total. The van der Waals surface area contributed by atoms with Gasteiger partial charge in [0.05, 0.1) is 10.6 Å². The zero-order valence-corrected chi connectivity index (χ0v) is 21.2. The second-order valence-electron chi connectivity index (χ2n) is 8.10. The number of halogens is 4. The van der Waals surface area contributed by atoms with Gasteiger partial charge < -0.3 is 16.0 Å². The number of rotatable bonds is 7. The van der Waals surface area contributed by atoms with E-state index in [1.165, 1.54) is 18.5 Å². The maximum absolute atomic E-state index is 13.1. The molecule has 0 atom stereocenters. The molecule has 202 valence electrons. The number of nitrogens with one attached hydrogen (secondary N) is 4. The second kappa shape index (κ2) is 11.4. The molecule has 0 bridgehead atoms. The third-order valence-electron chi connectivity index (χ3n) is 5.33. The number of hydrogen-bond donors (Lipinski definition) is 4. The Kier molecular flexibility index (Phi) is 8.00. The van der Waals surface area contributed by atoms with Crippen LogP contribution in [0.15, 0.2) is 55.4 Å². The lowest BCUT2D eigenvalue weighted by molar-refractivity contribution is -0.137. The van der Waals surface area contributed by atoms with Crippen LogP contribution < -0.4 is 21.3 Å². The van der Waals surface area contributed by atoms with Crippen molar-refractivity contribution < 1.29 is 22.8 Å². The molecule has 0 spiro atoms. The van der Waals surface area contributed by atoms with Crippen molar-refractivity contribution in [2.75, 3.05) is 22.5 Å². The van der Waals surface area contributed by atoms with Gasteiger partial charge in [-0.2, -0.15) is 13.2 Å². The zero-order valence-electron chi connectivity index (χ0n) is 20.4. The van der Waals surface area contributed by atoms with Gasteiger partial charge in [-0.1, -0.05) is 25.1 Å². The molecule has 0 unspecified atom stereocenters. The highest BCUT2D eigenvalue weighted by Crippen LogP contribution is 2.36. The number of alkyl halides is 3. The van der Waals surface area contributed by atoms with Gasteiger partial charge in [-0.05, 0) is 55.0 Å². The van der Waals surface area contributed by atoms with Crippen LogP contribution in [0.3, 0.4) is 0 Å². The second-order valence-corrected chi connectivity index (χ2v) is 8.51. The first kappa shape index (κ1) is 27.4. The Balaban J connectivity index is 1.53. The highest BCUT2D eigenvalue weighted by Gasteiger charge is 2.33. The largest absolute Gasteiger partial charge is 0.417 e. The number of carbonyl (C=O) groups is 2. The van der Waals surface area contributed by atoms with E-state index in [1.54, 1.807) is 28.8 Å². The van der Waals surface area contributed by atoms with E-state index < -0.39 is 28.8 Å². The molecule has 2 aromatic carbocycles. The van der Waals surface area contributed by atoms with Crippen LogP contribution in [0, 0.1) is 0 Å². The minimum atomic E-state index is -4.66. The lowest BCUT2D eigenvalue weighted by atomic mass is 10.2. The van der Waals surface area contributed by atoms with Gasteiger partial charge in [0.2, 0.25) is 0 Å². The summed E-state index contributed by atoms with van der Waals surface area (Å²) in [5.41, 5.74) is 0.616. The summed E-state index contributed by atoms with van der Waals surface area (Å²) in [5, 5.41) is 9.81. The van der Waals surface area contributed by atoms with E-state index in [4.69, 9.17) is 11.6 Å². The Bertz CT molecular complexity index is 1540. The van der Waals surface area contributed by atoms with Gasteiger partial charge in [0.15, 0.2) is 17.0 Å². The van der Waals surface area contributed by atoms with Crippen LogP contribution in [0.4, 0.5) is 40.0 Å². The van der Waals surface area contributed by atoms with Crippen molar-refractivity contribution in [1.82, 2.24) is 24.8 Å². The van der Waals surface area contributed by atoms with E-state index in [-0.39, 0.29) is 11.5 Å². The summed E-state index contributed by atoms with van der Waals surface area (Å²) in [5.74, 6) is 0.658. The van der Waals surface area contributed by atoms with Gasteiger partial charge >= 0.3 is 18.2 Å². The van der Waals surface area contributed by atoms with Crippen molar-refractivity contribution in [2.24, 2.45) is 0 Å². The number of anilines is 3. The van der Waals surface area contributed by atoms with Crippen molar-refractivity contribution >= 4 is 58.1 Å². The molecule has 4 rings (SSSR count). The van der Waals surface area contributed by atoms with Crippen LogP contribution in [-0.2, 0) is 6.18 Å². The zero-order chi connectivity index (χ0) is 28.2. The average Bonchev–Trinajstić information content (AvgIpc) is 3.28. The summed E-state index contributed by atoms with van der Waals surface area (Å²) in [6, 6.07) is 8.45. The Morgan fingerprint density at radius 2 is 1.72 bits per heavy atom. The standard InChI is InChI=1S/C25H22ClF3N8O2/c1-3-11-30-23(38)36-21-20-22(32-13-31-21)37(19(4-2)35-20)16-8-5-14(6-9-16)33-24(39)34-15-7-10-18(26)17(12-15)25(27,28)29/h4-10,12-13H,2-3,11H2,1H3,(H2,33,34,39)(H2,30,31,32,36,38). The molecule has 0 saturated carbocycles. The summed E-state index contributed by atoms with van der Waals surface area (Å²) in [6.45, 7) is 6.22. The Hall–Kier alpha value is -4.65. The minimum absolute atomic E-state index is 0.0752. The van der Waals surface area contributed by atoms with Gasteiger partial charge in [-0.25, -0.2) is 24.5 Å². The Labute approximate surface area is 225 Å². The molecule has 2 heterocycles. The van der Waals surface area contributed by atoms with Gasteiger partial charge in [0.25, 0.3) is 0 Å². The third-order valence-corrected chi connectivity index (χ3v) is 5.66. The van der Waals surface area contributed by atoms with E-state index in [9.17, 15) is 22.8 Å². The number of nitrogens with zero attached hydrogens (tertiary/aromatic N) is 4. The molecular weight excluding hydrogens is 537 g/mol. The summed E-state index contributed by atoms with van der Waals surface area (Å²) < 4.78 is 41.0. The van der Waals surface area contributed by atoms with Crippen LogP contribution in [0.2, 0.25) is 5.02 Å². The monoisotopic (exact) mass is 558 g/mol. The van der Waals surface area contributed by atoms with Crippen molar-refractivity contribution in [1.29, 1.82) is 0 Å². The summed E-state index contributed by atoms with van der Waals surface area (Å²) >= 11 is 5.62. The Morgan fingerprint density at radius 3 is 2.38 bits per heavy atom. The predicted molar refractivity (Wildman–Crippen MR) is 143 cm³/mol. The van der Waals surface area contributed by atoms with E-state index in [0.717, 1.165) is 18.6 Å². The van der Waals surface area contributed by atoms with Gasteiger partial charge in [0.1, 0.15) is 12.2 Å². The SMILES string of the molecule is C=Cc1nc2c(NC(=O)NCCC)ncnc2n1-c1ccc(NC(=O)Nc2ccc(Cl)c(C(F)(F)F)c2)cc1. The maximum atomic E-state index is 13.1. The van der Waals surface area contributed by atoms with Crippen LogP contribution in [0.1, 0.15) is 24.7 Å². The predicted octanol–water partition coefficient (Wildman–Crippen LogP) is 6.31. The number of hydrogen-bond acceptors (Lipinski definition) is 5. The fraction of sp³-hybridized carbons (Fsp3) is 0.160. The lowest BCUT2D eigenvalue weighted by Crippen LogP contribution is -2.29. The molecule has 2 aromatic heterocycles. The van der Waals surface area contributed by atoms with E-state index >= 15 is 0 Å². The van der Waals surface area contributed by atoms with Crippen molar-refractivity contribution in [2.45, 2.75) is 19.5 Å². The highest BCUT2D eigenvalue weighted by molar-refractivity contribution is 6.31. The molecule has 4 aromatic rings. The smallest absolute Gasteiger partial charge is 0.338 e. The Morgan fingerprint density at radius 1 is 1.03 bits per heavy atom. The molecular formula is C25H22ClF3N8O2. The fourth-order valence-electron chi connectivity index (χ4n) is 3.59. The number of urea groups is 2. The number of imidazole rings is 1. The normalized spacial score (nSPS) is 11.2. The molecule has 39 heavy (non-hydrogen) atoms. The number of carbonyl (C=O) groups excluding carboxylic acids is 2. The van der Waals surface area contributed by atoms with E-state index in [2.05, 4.69) is 42.8 Å². The number of amides is 4.